The van der Waals surface area contributed by atoms with Gasteiger partial charge in [0.05, 0.1) is 10.0 Å². The molecule has 1 aliphatic rings. The topological polar surface area (TPSA) is 12.0 Å². The molecule has 0 amide bonds. The van der Waals surface area contributed by atoms with Gasteiger partial charge in [-0.25, -0.2) is 0 Å². The highest BCUT2D eigenvalue weighted by Gasteiger charge is 2.32. The molecule has 4 heteroatoms. The second-order valence-corrected chi connectivity index (χ2v) is 7.36. The van der Waals surface area contributed by atoms with Gasteiger partial charge in [0, 0.05) is 16.2 Å². The van der Waals surface area contributed by atoms with E-state index < -0.39 is 0 Å². The fourth-order valence-corrected chi connectivity index (χ4v) is 4.34. The molecular weight excluding hydrogens is 297 g/mol. The van der Waals surface area contributed by atoms with Crippen molar-refractivity contribution in [1.29, 1.82) is 0 Å². The van der Waals surface area contributed by atoms with Crippen LogP contribution in [0.5, 0.6) is 0 Å². The monoisotopic (exact) mass is 317 g/mol. The largest absolute Gasteiger partial charge is 0.314 e. The van der Waals surface area contributed by atoms with Gasteiger partial charge < -0.3 is 5.32 Å². The summed E-state index contributed by atoms with van der Waals surface area (Å²) in [6.07, 6.45) is 3.75. The van der Waals surface area contributed by atoms with Crippen LogP contribution in [0.2, 0.25) is 10.0 Å². The van der Waals surface area contributed by atoms with Crippen molar-refractivity contribution < 1.29 is 0 Å². The predicted octanol–water partition coefficient (Wildman–Crippen LogP) is 5.25. The summed E-state index contributed by atoms with van der Waals surface area (Å²) in [6, 6.07) is 6.60. The fourth-order valence-electron chi connectivity index (χ4n) is 2.64. The molecule has 0 radical (unpaired) electrons. The highest BCUT2D eigenvalue weighted by atomic mass is 35.5. The first kappa shape index (κ1) is 15.5. The third-order valence-corrected chi connectivity index (χ3v) is 6.05. The molecular formula is C15H21Cl2NS. The molecule has 3 atom stereocenters. The van der Waals surface area contributed by atoms with E-state index in [9.17, 15) is 0 Å². The molecule has 2 rings (SSSR count). The van der Waals surface area contributed by atoms with Gasteiger partial charge in [0.15, 0.2) is 0 Å². The summed E-state index contributed by atoms with van der Waals surface area (Å²) in [5.41, 5.74) is 0. The van der Waals surface area contributed by atoms with Crippen LogP contribution < -0.4 is 5.32 Å². The van der Waals surface area contributed by atoms with E-state index in [1.165, 1.54) is 24.2 Å². The number of benzene rings is 1. The van der Waals surface area contributed by atoms with Crippen molar-refractivity contribution in [2.45, 2.75) is 49.3 Å². The van der Waals surface area contributed by atoms with Crippen LogP contribution in [-0.2, 0) is 0 Å². The van der Waals surface area contributed by atoms with Crippen molar-refractivity contribution in [3.8, 4) is 0 Å². The molecule has 0 bridgehead atoms. The van der Waals surface area contributed by atoms with Gasteiger partial charge in [0.1, 0.15) is 0 Å². The van der Waals surface area contributed by atoms with Crippen LogP contribution in [0, 0.1) is 5.92 Å². The van der Waals surface area contributed by atoms with Gasteiger partial charge >= 0.3 is 0 Å². The number of thioether (sulfide) groups is 1. The van der Waals surface area contributed by atoms with E-state index in [4.69, 9.17) is 23.2 Å². The van der Waals surface area contributed by atoms with E-state index >= 15 is 0 Å². The van der Waals surface area contributed by atoms with Gasteiger partial charge in [-0.1, -0.05) is 37.0 Å². The summed E-state index contributed by atoms with van der Waals surface area (Å²) >= 11 is 14.0. The first-order chi connectivity index (χ1) is 9.11. The van der Waals surface area contributed by atoms with Crippen LogP contribution in [0.15, 0.2) is 23.1 Å². The predicted molar refractivity (Wildman–Crippen MR) is 86.6 cm³/mol. The zero-order chi connectivity index (χ0) is 13.8. The van der Waals surface area contributed by atoms with Crippen molar-refractivity contribution in [2.24, 2.45) is 5.92 Å². The molecule has 1 aromatic rings. The van der Waals surface area contributed by atoms with Crippen LogP contribution in [0.1, 0.15) is 33.1 Å². The number of hydrogen-bond acceptors (Lipinski definition) is 2. The SMILES string of the molecule is CCCNC1CCC(Sc2ccc(Cl)c(Cl)c2)C1C. The summed E-state index contributed by atoms with van der Waals surface area (Å²) < 4.78 is 0. The number of hydrogen-bond donors (Lipinski definition) is 1. The summed E-state index contributed by atoms with van der Waals surface area (Å²) in [5, 5.41) is 5.61. The Balaban J connectivity index is 1.94. The maximum atomic E-state index is 6.08. The Morgan fingerprint density at radius 1 is 1.26 bits per heavy atom. The number of halogens is 2. The van der Waals surface area contributed by atoms with E-state index in [-0.39, 0.29) is 0 Å². The van der Waals surface area contributed by atoms with Crippen LogP contribution in [0.3, 0.4) is 0 Å². The Kier molecular flexibility index (Phi) is 5.88. The van der Waals surface area contributed by atoms with Gasteiger partial charge in [-0.3, -0.25) is 0 Å². The van der Waals surface area contributed by atoms with E-state index in [2.05, 4.69) is 25.2 Å². The van der Waals surface area contributed by atoms with Crippen molar-refractivity contribution >= 4 is 35.0 Å². The lowest BCUT2D eigenvalue weighted by Gasteiger charge is -2.21. The highest BCUT2D eigenvalue weighted by molar-refractivity contribution is 8.00. The lowest BCUT2D eigenvalue weighted by molar-refractivity contribution is 0.432. The molecule has 0 saturated heterocycles. The highest BCUT2D eigenvalue weighted by Crippen LogP contribution is 2.40. The molecule has 0 heterocycles. The molecule has 0 aromatic heterocycles. The normalized spacial score (nSPS) is 26.8. The van der Waals surface area contributed by atoms with Gasteiger partial charge in [-0.2, -0.15) is 0 Å². The first-order valence-electron chi connectivity index (χ1n) is 6.97. The average molecular weight is 318 g/mol. The minimum absolute atomic E-state index is 0.632. The lowest BCUT2D eigenvalue weighted by Crippen LogP contribution is -2.33. The maximum Gasteiger partial charge on any atom is 0.0603 e. The minimum atomic E-state index is 0.632. The molecule has 1 saturated carbocycles. The molecule has 0 aliphatic heterocycles. The van der Waals surface area contributed by atoms with Crippen molar-refractivity contribution in [3.05, 3.63) is 28.2 Å². The van der Waals surface area contributed by atoms with Crippen LogP contribution in [0.4, 0.5) is 0 Å². The summed E-state index contributed by atoms with van der Waals surface area (Å²) in [6.45, 7) is 5.70. The zero-order valence-electron chi connectivity index (χ0n) is 11.5. The van der Waals surface area contributed by atoms with E-state index in [1.54, 1.807) is 0 Å². The molecule has 1 fully saturated rings. The zero-order valence-corrected chi connectivity index (χ0v) is 13.8. The Morgan fingerprint density at radius 3 is 2.74 bits per heavy atom. The van der Waals surface area contributed by atoms with E-state index in [1.807, 2.05) is 23.9 Å². The van der Waals surface area contributed by atoms with Crippen LogP contribution in [0.25, 0.3) is 0 Å². The van der Waals surface area contributed by atoms with E-state index in [0.29, 0.717) is 27.3 Å². The van der Waals surface area contributed by atoms with E-state index in [0.717, 1.165) is 6.54 Å². The smallest absolute Gasteiger partial charge is 0.0603 e. The molecule has 1 nitrogen and oxygen atoms in total. The molecule has 1 aliphatic carbocycles. The summed E-state index contributed by atoms with van der Waals surface area (Å²) in [7, 11) is 0. The lowest BCUT2D eigenvalue weighted by atomic mass is 10.1. The van der Waals surface area contributed by atoms with Gasteiger partial charge in [0.25, 0.3) is 0 Å². The third kappa shape index (κ3) is 4.04. The fraction of sp³-hybridized carbons (Fsp3) is 0.600. The summed E-state index contributed by atoms with van der Waals surface area (Å²) in [4.78, 5) is 1.22. The Morgan fingerprint density at radius 2 is 2.05 bits per heavy atom. The first-order valence-corrected chi connectivity index (χ1v) is 8.60. The Labute approximate surface area is 130 Å². The van der Waals surface area contributed by atoms with Crippen LogP contribution in [-0.4, -0.2) is 17.8 Å². The number of rotatable bonds is 5. The Hall–Kier alpha value is 0.110. The Bertz CT molecular complexity index is 425. The van der Waals surface area contributed by atoms with Gasteiger partial charge in [-0.05, 0) is 49.9 Å². The third-order valence-electron chi connectivity index (χ3n) is 3.82. The standard InChI is InChI=1S/C15H21Cl2NS/c1-3-8-18-14-6-7-15(10(14)2)19-11-4-5-12(16)13(17)9-11/h4-5,9-10,14-15,18H,3,6-8H2,1-2H3. The molecule has 106 valence electrons. The average Bonchev–Trinajstić information content (AvgIpc) is 2.73. The molecule has 1 aromatic carbocycles. The molecule has 1 N–H and O–H groups in total. The molecule has 19 heavy (non-hydrogen) atoms. The van der Waals surface area contributed by atoms with Crippen molar-refractivity contribution in [1.82, 2.24) is 5.32 Å². The molecule has 3 unspecified atom stereocenters. The molecule has 0 spiro atoms. The summed E-state index contributed by atoms with van der Waals surface area (Å²) in [5.74, 6) is 0.700. The van der Waals surface area contributed by atoms with Gasteiger partial charge in [0.2, 0.25) is 0 Å². The second-order valence-electron chi connectivity index (χ2n) is 5.23. The minimum Gasteiger partial charge on any atom is -0.314 e. The maximum absolute atomic E-state index is 6.08. The van der Waals surface area contributed by atoms with Gasteiger partial charge in [-0.15, -0.1) is 11.8 Å². The van der Waals surface area contributed by atoms with Crippen molar-refractivity contribution in [2.75, 3.05) is 6.54 Å². The van der Waals surface area contributed by atoms with Crippen molar-refractivity contribution in [3.63, 3.8) is 0 Å². The quantitative estimate of drug-likeness (QED) is 0.795. The number of nitrogens with one attached hydrogen (secondary N) is 1. The van der Waals surface area contributed by atoms with Crippen LogP contribution >= 0.6 is 35.0 Å². The second kappa shape index (κ2) is 7.21.